The van der Waals surface area contributed by atoms with Crippen LogP contribution in [0.3, 0.4) is 0 Å². The molecule has 1 heterocycles. The fourth-order valence-corrected chi connectivity index (χ4v) is 1.17. The normalized spacial score (nSPS) is 10.0. The van der Waals surface area contributed by atoms with Gasteiger partial charge in [0.1, 0.15) is 11.6 Å². The summed E-state index contributed by atoms with van der Waals surface area (Å²) in [7, 11) is 1.69. The maximum Gasteiger partial charge on any atom is 0.128 e. The summed E-state index contributed by atoms with van der Waals surface area (Å²) in [5.74, 6) is 1.80. The van der Waals surface area contributed by atoms with Crippen molar-refractivity contribution in [1.82, 2.24) is 4.98 Å². The third kappa shape index (κ3) is 4.65. The van der Waals surface area contributed by atoms with Crippen molar-refractivity contribution in [3.05, 3.63) is 18.2 Å². The smallest absolute Gasteiger partial charge is 0.128 e. The van der Waals surface area contributed by atoms with Crippen molar-refractivity contribution in [1.29, 1.82) is 0 Å². The predicted molar refractivity (Wildman–Crippen MR) is 63.4 cm³/mol. The number of aromatic nitrogens is 1. The quantitative estimate of drug-likeness (QED) is 0.674. The molecule has 1 aromatic heterocycles. The summed E-state index contributed by atoms with van der Waals surface area (Å²) in [5.41, 5.74) is 0. The molecular formula is C11H19N3O. The molecule has 84 valence electrons. The van der Waals surface area contributed by atoms with Gasteiger partial charge in [0.05, 0.1) is 6.61 Å². The van der Waals surface area contributed by atoms with E-state index in [0.29, 0.717) is 6.61 Å². The molecule has 0 aromatic carbocycles. The minimum absolute atomic E-state index is 0.689. The number of pyridine rings is 1. The lowest BCUT2D eigenvalue weighted by Gasteiger charge is -2.07. The van der Waals surface area contributed by atoms with Gasteiger partial charge in [-0.25, -0.2) is 4.98 Å². The molecule has 4 nitrogen and oxygen atoms in total. The van der Waals surface area contributed by atoms with Crippen molar-refractivity contribution in [2.24, 2.45) is 0 Å². The number of hydrogen-bond donors (Lipinski definition) is 2. The molecule has 0 aliphatic heterocycles. The van der Waals surface area contributed by atoms with Gasteiger partial charge in [0.2, 0.25) is 0 Å². The molecule has 0 saturated heterocycles. The van der Waals surface area contributed by atoms with Gasteiger partial charge in [0, 0.05) is 20.2 Å². The summed E-state index contributed by atoms with van der Waals surface area (Å²) in [4.78, 5) is 4.40. The van der Waals surface area contributed by atoms with Crippen LogP contribution in [-0.4, -0.2) is 31.8 Å². The summed E-state index contributed by atoms with van der Waals surface area (Å²) < 4.78 is 4.95. The first-order chi connectivity index (χ1) is 7.36. The second kappa shape index (κ2) is 7.06. The summed E-state index contributed by atoms with van der Waals surface area (Å²) >= 11 is 0. The zero-order valence-corrected chi connectivity index (χ0v) is 9.42. The van der Waals surface area contributed by atoms with Gasteiger partial charge in [-0.15, -0.1) is 0 Å². The third-order valence-electron chi connectivity index (χ3n) is 1.92. The van der Waals surface area contributed by atoms with Crippen LogP contribution in [0.5, 0.6) is 0 Å². The summed E-state index contributed by atoms with van der Waals surface area (Å²) in [5, 5.41) is 6.43. The summed E-state index contributed by atoms with van der Waals surface area (Å²) in [6, 6.07) is 5.91. The zero-order chi connectivity index (χ0) is 10.9. The molecule has 1 rings (SSSR count). The third-order valence-corrected chi connectivity index (χ3v) is 1.92. The number of nitrogens with zero attached hydrogens (tertiary/aromatic N) is 1. The highest BCUT2D eigenvalue weighted by molar-refractivity contribution is 5.44. The number of methoxy groups -OCH3 is 1. The topological polar surface area (TPSA) is 46.2 Å². The van der Waals surface area contributed by atoms with Crippen LogP contribution in [0.4, 0.5) is 11.6 Å². The summed E-state index contributed by atoms with van der Waals surface area (Å²) in [6.07, 6.45) is 1.10. The Kier molecular flexibility index (Phi) is 5.55. The molecule has 0 aliphatic rings. The van der Waals surface area contributed by atoms with Crippen LogP contribution in [0.25, 0.3) is 0 Å². The SMILES string of the molecule is CCCNc1cccc(NCCOC)n1. The van der Waals surface area contributed by atoms with Crippen molar-refractivity contribution in [2.75, 3.05) is 37.4 Å². The van der Waals surface area contributed by atoms with Gasteiger partial charge in [0.25, 0.3) is 0 Å². The van der Waals surface area contributed by atoms with E-state index in [0.717, 1.165) is 31.1 Å². The fourth-order valence-electron chi connectivity index (χ4n) is 1.17. The maximum absolute atomic E-state index is 4.95. The summed E-state index contributed by atoms with van der Waals surface area (Å²) in [6.45, 7) is 4.55. The lowest BCUT2D eigenvalue weighted by Crippen LogP contribution is -2.10. The number of rotatable bonds is 7. The van der Waals surface area contributed by atoms with Gasteiger partial charge in [0.15, 0.2) is 0 Å². The molecular weight excluding hydrogens is 190 g/mol. The van der Waals surface area contributed by atoms with E-state index in [-0.39, 0.29) is 0 Å². The molecule has 0 radical (unpaired) electrons. The minimum Gasteiger partial charge on any atom is -0.383 e. The molecule has 0 saturated carbocycles. The van der Waals surface area contributed by atoms with Gasteiger partial charge in [-0.05, 0) is 18.6 Å². The van der Waals surface area contributed by atoms with E-state index in [9.17, 15) is 0 Å². The second-order valence-electron chi connectivity index (χ2n) is 3.25. The van der Waals surface area contributed by atoms with E-state index < -0.39 is 0 Å². The number of ether oxygens (including phenoxy) is 1. The Morgan fingerprint density at radius 3 is 2.47 bits per heavy atom. The van der Waals surface area contributed by atoms with Gasteiger partial charge in [-0.1, -0.05) is 13.0 Å². The first-order valence-electron chi connectivity index (χ1n) is 5.30. The van der Waals surface area contributed by atoms with Crippen molar-refractivity contribution in [3.8, 4) is 0 Å². The Balaban J connectivity index is 2.42. The van der Waals surface area contributed by atoms with Gasteiger partial charge in [-0.3, -0.25) is 0 Å². The molecule has 0 spiro atoms. The number of hydrogen-bond acceptors (Lipinski definition) is 4. The van der Waals surface area contributed by atoms with Crippen LogP contribution < -0.4 is 10.6 Å². The van der Waals surface area contributed by atoms with Crippen LogP contribution in [0.15, 0.2) is 18.2 Å². The van der Waals surface area contributed by atoms with Crippen LogP contribution in [0, 0.1) is 0 Å². The highest BCUT2D eigenvalue weighted by Gasteiger charge is 1.95. The molecule has 0 unspecified atom stereocenters. The lowest BCUT2D eigenvalue weighted by molar-refractivity contribution is 0.210. The Labute approximate surface area is 91.1 Å². The Hall–Kier alpha value is -1.29. The van der Waals surface area contributed by atoms with Crippen molar-refractivity contribution >= 4 is 11.6 Å². The van der Waals surface area contributed by atoms with Gasteiger partial charge < -0.3 is 15.4 Å². The lowest BCUT2D eigenvalue weighted by atomic mass is 10.4. The van der Waals surface area contributed by atoms with Gasteiger partial charge >= 0.3 is 0 Å². The van der Waals surface area contributed by atoms with Crippen LogP contribution in [0.2, 0.25) is 0 Å². The minimum atomic E-state index is 0.689. The second-order valence-corrected chi connectivity index (χ2v) is 3.25. The molecule has 2 N–H and O–H groups in total. The molecule has 0 fully saturated rings. The molecule has 4 heteroatoms. The van der Waals surface area contributed by atoms with Crippen LogP contribution >= 0.6 is 0 Å². The van der Waals surface area contributed by atoms with Crippen molar-refractivity contribution < 1.29 is 4.74 Å². The van der Waals surface area contributed by atoms with E-state index >= 15 is 0 Å². The zero-order valence-electron chi connectivity index (χ0n) is 9.42. The highest BCUT2D eigenvalue weighted by atomic mass is 16.5. The van der Waals surface area contributed by atoms with E-state index in [1.807, 2.05) is 18.2 Å². The number of anilines is 2. The fraction of sp³-hybridized carbons (Fsp3) is 0.545. The first kappa shape index (κ1) is 11.8. The molecule has 0 bridgehead atoms. The maximum atomic E-state index is 4.95. The first-order valence-corrected chi connectivity index (χ1v) is 5.30. The Morgan fingerprint density at radius 2 is 1.87 bits per heavy atom. The average molecular weight is 209 g/mol. The monoisotopic (exact) mass is 209 g/mol. The molecule has 15 heavy (non-hydrogen) atoms. The van der Waals surface area contributed by atoms with Crippen molar-refractivity contribution in [3.63, 3.8) is 0 Å². The molecule has 1 aromatic rings. The molecule has 0 amide bonds. The standard InChI is InChI=1S/C11H19N3O/c1-3-7-12-10-5-4-6-11(14-10)13-8-9-15-2/h4-6H,3,7-9H2,1-2H3,(H2,12,13,14). The van der Waals surface area contributed by atoms with Crippen LogP contribution in [0.1, 0.15) is 13.3 Å². The van der Waals surface area contributed by atoms with E-state index in [2.05, 4.69) is 22.5 Å². The largest absolute Gasteiger partial charge is 0.383 e. The van der Waals surface area contributed by atoms with Crippen molar-refractivity contribution in [2.45, 2.75) is 13.3 Å². The van der Waals surface area contributed by atoms with E-state index in [1.54, 1.807) is 7.11 Å². The Morgan fingerprint density at radius 1 is 1.20 bits per heavy atom. The molecule has 0 atom stereocenters. The number of nitrogens with one attached hydrogen (secondary N) is 2. The highest BCUT2D eigenvalue weighted by Crippen LogP contribution is 2.08. The Bertz CT molecular complexity index is 278. The average Bonchev–Trinajstić information content (AvgIpc) is 2.27. The van der Waals surface area contributed by atoms with E-state index in [4.69, 9.17) is 4.74 Å². The molecule has 0 aliphatic carbocycles. The predicted octanol–water partition coefficient (Wildman–Crippen LogP) is 1.96. The van der Waals surface area contributed by atoms with Crippen LogP contribution in [-0.2, 0) is 4.74 Å². The van der Waals surface area contributed by atoms with Gasteiger partial charge in [-0.2, -0.15) is 0 Å². The van der Waals surface area contributed by atoms with E-state index in [1.165, 1.54) is 0 Å².